The summed E-state index contributed by atoms with van der Waals surface area (Å²) in [5.41, 5.74) is 6.94. The molecule has 0 bridgehead atoms. The summed E-state index contributed by atoms with van der Waals surface area (Å²) in [7, 11) is 0. The fourth-order valence-corrected chi connectivity index (χ4v) is 2.45. The molecule has 0 radical (unpaired) electrons. The standard InChI is InChI=1S/C13H14FN3OS/c1-7-6-19-13(16-7)8(2)17-12(18)10-4-3-9(14)5-11(10)15/h3-6,8H,15H2,1-2H3,(H,17,18). The highest BCUT2D eigenvalue weighted by Gasteiger charge is 2.16. The lowest BCUT2D eigenvalue weighted by molar-refractivity contribution is 0.0940. The summed E-state index contributed by atoms with van der Waals surface area (Å²) >= 11 is 1.48. The second-order valence-corrected chi connectivity index (χ2v) is 5.14. The zero-order valence-electron chi connectivity index (χ0n) is 10.6. The molecule has 3 N–H and O–H groups in total. The van der Waals surface area contributed by atoms with Crippen molar-refractivity contribution in [1.82, 2.24) is 10.3 Å². The molecule has 1 atom stereocenters. The number of aromatic nitrogens is 1. The smallest absolute Gasteiger partial charge is 0.253 e. The quantitative estimate of drug-likeness (QED) is 0.849. The van der Waals surface area contributed by atoms with Gasteiger partial charge in [-0.15, -0.1) is 11.3 Å². The lowest BCUT2D eigenvalue weighted by Gasteiger charge is -2.12. The number of hydrogen-bond acceptors (Lipinski definition) is 4. The number of nitrogens with zero attached hydrogens (tertiary/aromatic N) is 1. The maximum atomic E-state index is 12.9. The number of hydrogen-bond donors (Lipinski definition) is 2. The first-order chi connectivity index (χ1) is 8.97. The third-order valence-electron chi connectivity index (χ3n) is 2.61. The molecule has 0 aliphatic rings. The molecule has 4 nitrogen and oxygen atoms in total. The Hall–Kier alpha value is -1.95. The van der Waals surface area contributed by atoms with Crippen molar-refractivity contribution in [2.75, 3.05) is 5.73 Å². The molecule has 1 heterocycles. The molecule has 0 saturated carbocycles. The summed E-state index contributed by atoms with van der Waals surface area (Å²) in [5.74, 6) is -0.796. The van der Waals surface area contributed by atoms with Crippen LogP contribution in [0.1, 0.15) is 34.0 Å². The second-order valence-electron chi connectivity index (χ2n) is 4.25. The minimum absolute atomic E-state index is 0.125. The van der Waals surface area contributed by atoms with Crippen LogP contribution in [0.5, 0.6) is 0 Å². The highest BCUT2D eigenvalue weighted by atomic mass is 32.1. The molecular weight excluding hydrogens is 265 g/mol. The van der Waals surface area contributed by atoms with Gasteiger partial charge in [0.15, 0.2) is 0 Å². The Bertz CT molecular complexity index is 612. The monoisotopic (exact) mass is 279 g/mol. The van der Waals surface area contributed by atoms with Gasteiger partial charge < -0.3 is 11.1 Å². The summed E-state index contributed by atoms with van der Waals surface area (Å²) in [6, 6.07) is 3.51. The van der Waals surface area contributed by atoms with Crippen LogP contribution in [0.25, 0.3) is 0 Å². The minimum atomic E-state index is -0.461. The lowest BCUT2D eigenvalue weighted by Crippen LogP contribution is -2.27. The van der Waals surface area contributed by atoms with Gasteiger partial charge in [0.2, 0.25) is 0 Å². The van der Waals surface area contributed by atoms with Gasteiger partial charge in [-0.25, -0.2) is 9.37 Å². The van der Waals surface area contributed by atoms with E-state index in [9.17, 15) is 9.18 Å². The van der Waals surface area contributed by atoms with Crippen LogP contribution in [0.15, 0.2) is 23.6 Å². The predicted molar refractivity (Wildman–Crippen MR) is 73.5 cm³/mol. The van der Waals surface area contributed by atoms with E-state index < -0.39 is 5.82 Å². The summed E-state index contributed by atoms with van der Waals surface area (Å²) in [6.45, 7) is 3.74. The third-order valence-corrected chi connectivity index (χ3v) is 3.76. The molecule has 0 fully saturated rings. The van der Waals surface area contributed by atoms with Gasteiger partial charge in [0.05, 0.1) is 11.6 Å². The summed E-state index contributed by atoms with van der Waals surface area (Å²) in [6.07, 6.45) is 0. The Labute approximate surface area is 114 Å². The normalized spacial score (nSPS) is 12.2. The van der Waals surface area contributed by atoms with E-state index in [0.29, 0.717) is 0 Å². The van der Waals surface area contributed by atoms with Crippen LogP contribution in [0.3, 0.4) is 0 Å². The number of nitrogens with one attached hydrogen (secondary N) is 1. The number of thiazole rings is 1. The van der Waals surface area contributed by atoms with Gasteiger partial charge in [0.25, 0.3) is 5.91 Å². The van der Waals surface area contributed by atoms with Gasteiger partial charge in [0.1, 0.15) is 10.8 Å². The molecule has 0 aliphatic carbocycles. The maximum absolute atomic E-state index is 12.9. The number of nitrogen functional groups attached to an aromatic ring is 1. The molecule has 0 spiro atoms. The molecule has 0 aliphatic heterocycles. The van der Waals surface area contributed by atoms with E-state index in [4.69, 9.17) is 5.73 Å². The number of amides is 1. The van der Waals surface area contributed by atoms with Gasteiger partial charge in [-0.05, 0) is 32.0 Å². The van der Waals surface area contributed by atoms with Crippen molar-refractivity contribution < 1.29 is 9.18 Å². The van der Waals surface area contributed by atoms with Crippen molar-refractivity contribution in [2.24, 2.45) is 0 Å². The number of halogens is 1. The Balaban J connectivity index is 2.12. The van der Waals surface area contributed by atoms with Crippen molar-refractivity contribution in [3.63, 3.8) is 0 Å². The SMILES string of the molecule is Cc1csc(C(C)NC(=O)c2ccc(F)cc2N)n1. The van der Waals surface area contributed by atoms with Gasteiger partial charge in [0, 0.05) is 16.8 Å². The van der Waals surface area contributed by atoms with Crippen molar-refractivity contribution in [3.05, 3.63) is 45.7 Å². The Morgan fingerprint density at radius 1 is 1.53 bits per heavy atom. The zero-order chi connectivity index (χ0) is 14.0. The number of carbonyl (C=O) groups excluding carboxylic acids is 1. The molecular formula is C13H14FN3OS. The van der Waals surface area contributed by atoms with Crippen LogP contribution in [0, 0.1) is 12.7 Å². The molecule has 1 amide bonds. The van der Waals surface area contributed by atoms with Crippen LogP contribution in [-0.4, -0.2) is 10.9 Å². The van der Waals surface area contributed by atoms with Crippen LogP contribution >= 0.6 is 11.3 Å². The van der Waals surface area contributed by atoms with Crippen LogP contribution in [-0.2, 0) is 0 Å². The number of nitrogens with two attached hydrogens (primary N) is 1. The molecule has 100 valence electrons. The van der Waals surface area contributed by atoms with Crippen LogP contribution in [0.2, 0.25) is 0 Å². The second kappa shape index (κ2) is 5.36. The number of anilines is 1. The molecule has 19 heavy (non-hydrogen) atoms. The molecule has 1 unspecified atom stereocenters. The first-order valence-electron chi connectivity index (χ1n) is 5.75. The van der Waals surface area contributed by atoms with Gasteiger partial charge in [-0.3, -0.25) is 4.79 Å². The Kier molecular flexibility index (Phi) is 3.80. The number of benzene rings is 1. The molecule has 2 rings (SSSR count). The molecule has 0 saturated heterocycles. The van der Waals surface area contributed by atoms with Gasteiger partial charge in [-0.2, -0.15) is 0 Å². The van der Waals surface area contributed by atoms with Crippen LogP contribution in [0.4, 0.5) is 10.1 Å². The van der Waals surface area contributed by atoms with E-state index in [1.807, 2.05) is 19.2 Å². The largest absolute Gasteiger partial charge is 0.398 e. The van der Waals surface area contributed by atoms with Gasteiger partial charge >= 0.3 is 0 Å². The van der Waals surface area contributed by atoms with E-state index >= 15 is 0 Å². The first kappa shape index (κ1) is 13.5. The molecule has 1 aromatic heterocycles. The summed E-state index contributed by atoms with van der Waals surface area (Å²) < 4.78 is 12.9. The maximum Gasteiger partial charge on any atom is 0.253 e. The fourth-order valence-electron chi connectivity index (χ4n) is 1.65. The lowest BCUT2D eigenvalue weighted by atomic mass is 10.1. The van der Waals surface area contributed by atoms with Crippen LogP contribution < -0.4 is 11.1 Å². The minimum Gasteiger partial charge on any atom is -0.398 e. The highest BCUT2D eigenvalue weighted by Crippen LogP contribution is 2.19. The van der Waals surface area contributed by atoms with Crippen molar-refractivity contribution in [3.8, 4) is 0 Å². The Morgan fingerprint density at radius 3 is 2.84 bits per heavy atom. The molecule has 1 aromatic carbocycles. The number of carbonyl (C=O) groups is 1. The van der Waals surface area contributed by atoms with E-state index in [1.54, 1.807) is 0 Å². The zero-order valence-corrected chi connectivity index (χ0v) is 11.4. The topological polar surface area (TPSA) is 68.0 Å². The average Bonchev–Trinajstić information content (AvgIpc) is 2.75. The van der Waals surface area contributed by atoms with Crippen molar-refractivity contribution >= 4 is 22.9 Å². The Morgan fingerprint density at radius 2 is 2.26 bits per heavy atom. The van der Waals surface area contributed by atoms with E-state index in [1.165, 1.54) is 23.5 Å². The van der Waals surface area contributed by atoms with Gasteiger partial charge in [-0.1, -0.05) is 0 Å². The fraction of sp³-hybridized carbons (Fsp3) is 0.231. The predicted octanol–water partition coefficient (Wildman–Crippen LogP) is 2.66. The van der Waals surface area contributed by atoms with E-state index in [2.05, 4.69) is 10.3 Å². The molecule has 6 heteroatoms. The van der Waals surface area contributed by atoms with E-state index in [-0.39, 0.29) is 23.2 Å². The highest BCUT2D eigenvalue weighted by molar-refractivity contribution is 7.09. The molecule has 2 aromatic rings. The number of rotatable bonds is 3. The summed E-state index contributed by atoms with van der Waals surface area (Å²) in [5, 5.41) is 5.54. The average molecular weight is 279 g/mol. The number of aryl methyl sites for hydroxylation is 1. The summed E-state index contributed by atoms with van der Waals surface area (Å²) in [4.78, 5) is 16.3. The van der Waals surface area contributed by atoms with Crippen molar-refractivity contribution in [1.29, 1.82) is 0 Å². The van der Waals surface area contributed by atoms with E-state index in [0.717, 1.165) is 16.8 Å². The van der Waals surface area contributed by atoms with Crippen molar-refractivity contribution in [2.45, 2.75) is 19.9 Å². The first-order valence-corrected chi connectivity index (χ1v) is 6.63. The third kappa shape index (κ3) is 3.08.